The van der Waals surface area contributed by atoms with Gasteiger partial charge in [-0.15, -0.1) is 0 Å². The van der Waals surface area contributed by atoms with Crippen LogP contribution in [-0.4, -0.2) is 60.5 Å². The molecule has 2 saturated heterocycles. The Morgan fingerprint density at radius 3 is 2.48 bits per heavy atom. The molecule has 0 aromatic rings. The van der Waals surface area contributed by atoms with Gasteiger partial charge in [0.25, 0.3) is 0 Å². The number of likely N-dealkylation sites (tertiary alicyclic amines) is 2. The van der Waals surface area contributed by atoms with Crippen LogP contribution in [0.5, 0.6) is 0 Å². The molecule has 0 radical (unpaired) electrons. The summed E-state index contributed by atoms with van der Waals surface area (Å²) >= 11 is 0. The Balaban J connectivity index is 1.41. The highest BCUT2D eigenvalue weighted by Crippen LogP contribution is 2.26. The molecule has 1 atom stereocenters. The zero-order valence-electron chi connectivity index (χ0n) is 15.1. The van der Waals surface area contributed by atoms with Crippen LogP contribution in [0.1, 0.15) is 58.8 Å². The predicted molar refractivity (Wildman–Crippen MR) is 94.4 cm³/mol. The largest absolute Gasteiger partial charge is 0.353 e. The minimum absolute atomic E-state index is 0.239. The lowest BCUT2D eigenvalue weighted by Crippen LogP contribution is -2.51. The standard InChI is InChI=1S/C19H35N3O/c1-15(2)7-11-21-12-8-18(9-13-21)22-10-3-4-16(14-22)19(23)20-17-5-6-17/h15-18H,3-14H2,1-2H3,(H,20,23). The molecule has 3 aliphatic rings. The molecule has 0 spiro atoms. The first-order valence-electron chi connectivity index (χ1n) is 9.88. The third kappa shape index (κ3) is 5.18. The van der Waals surface area contributed by atoms with Gasteiger partial charge in [-0.3, -0.25) is 9.69 Å². The normalized spacial score (nSPS) is 28.2. The van der Waals surface area contributed by atoms with Crippen molar-refractivity contribution in [1.29, 1.82) is 0 Å². The summed E-state index contributed by atoms with van der Waals surface area (Å²) in [5, 5.41) is 3.21. The first-order valence-corrected chi connectivity index (χ1v) is 9.88. The van der Waals surface area contributed by atoms with Crippen LogP contribution in [0, 0.1) is 11.8 Å². The molecule has 2 heterocycles. The van der Waals surface area contributed by atoms with Gasteiger partial charge in [-0.2, -0.15) is 0 Å². The molecule has 4 heteroatoms. The number of hydrogen-bond acceptors (Lipinski definition) is 3. The second-order valence-electron chi connectivity index (χ2n) is 8.37. The van der Waals surface area contributed by atoms with Gasteiger partial charge in [0, 0.05) is 18.6 Å². The lowest BCUT2D eigenvalue weighted by atomic mass is 9.93. The van der Waals surface area contributed by atoms with Crippen LogP contribution in [0.2, 0.25) is 0 Å². The molecule has 0 aromatic carbocycles. The Morgan fingerprint density at radius 2 is 1.83 bits per heavy atom. The van der Waals surface area contributed by atoms with E-state index in [1.165, 1.54) is 64.7 Å². The Hall–Kier alpha value is -0.610. The van der Waals surface area contributed by atoms with E-state index >= 15 is 0 Å². The number of carbonyl (C=O) groups excluding carboxylic acids is 1. The van der Waals surface area contributed by atoms with Gasteiger partial charge in [-0.25, -0.2) is 0 Å². The summed E-state index contributed by atoms with van der Waals surface area (Å²) in [5.41, 5.74) is 0. The van der Waals surface area contributed by atoms with Gasteiger partial charge in [0.05, 0.1) is 5.92 Å². The lowest BCUT2D eigenvalue weighted by Gasteiger charge is -2.42. The number of nitrogens with one attached hydrogen (secondary N) is 1. The SMILES string of the molecule is CC(C)CCN1CCC(N2CCCC(C(=O)NC3CC3)C2)CC1. The van der Waals surface area contributed by atoms with Gasteiger partial charge in [-0.05, 0) is 77.0 Å². The highest BCUT2D eigenvalue weighted by Gasteiger charge is 2.33. The van der Waals surface area contributed by atoms with Gasteiger partial charge in [0.15, 0.2) is 0 Å². The maximum absolute atomic E-state index is 12.3. The highest BCUT2D eigenvalue weighted by atomic mass is 16.2. The molecular formula is C19H35N3O. The van der Waals surface area contributed by atoms with Crippen LogP contribution in [0.25, 0.3) is 0 Å². The van der Waals surface area contributed by atoms with Gasteiger partial charge < -0.3 is 10.2 Å². The minimum atomic E-state index is 0.239. The van der Waals surface area contributed by atoms with E-state index in [-0.39, 0.29) is 5.92 Å². The number of rotatable bonds is 6. The molecule has 23 heavy (non-hydrogen) atoms. The Bertz CT molecular complexity index is 386. The molecule has 1 aliphatic carbocycles. The van der Waals surface area contributed by atoms with Crippen LogP contribution in [0.4, 0.5) is 0 Å². The second kappa shape index (κ2) is 7.98. The van der Waals surface area contributed by atoms with Crippen molar-refractivity contribution in [3.05, 3.63) is 0 Å². The van der Waals surface area contributed by atoms with Crippen molar-refractivity contribution in [2.75, 3.05) is 32.7 Å². The molecule has 0 bridgehead atoms. The van der Waals surface area contributed by atoms with Gasteiger partial charge in [-0.1, -0.05) is 13.8 Å². The average molecular weight is 322 g/mol. The average Bonchev–Trinajstić information content (AvgIpc) is 3.37. The molecular weight excluding hydrogens is 286 g/mol. The van der Waals surface area contributed by atoms with E-state index in [1.807, 2.05) is 0 Å². The topological polar surface area (TPSA) is 35.6 Å². The van der Waals surface area contributed by atoms with Crippen LogP contribution >= 0.6 is 0 Å². The maximum Gasteiger partial charge on any atom is 0.224 e. The Labute approximate surface area is 142 Å². The summed E-state index contributed by atoms with van der Waals surface area (Å²) in [4.78, 5) is 17.6. The minimum Gasteiger partial charge on any atom is -0.353 e. The molecule has 3 fully saturated rings. The maximum atomic E-state index is 12.3. The zero-order valence-corrected chi connectivity index (χ0v) is 15.1. The number of amides is 1. The summed E-state index contributed by atoms with van der Waals surface area (Å²) in [5.74, 6) is 1.37. The zero-order chi connectivity index (χ0) is 16.2. The van der Waals surface area contributed by atoms with Crippen molar-refractivity contribution in [3.63, 3.8) is 0 Å². The number of carbonyl (C=O) groups is 1. The second-order valence-corrected chi connectivity index (χ2v) is 8.37. The van der Waals surface area contributed by atoms with Crippen LogP contribution in [0.15, 0.2) is 0 Å². The van der Waals surface area contributed by atoms with Crippen molar-refractivity contribution < 1.29 is 4.79 Å². The monoisotopic (exact) mass is 321 g/mol. The van der Waals surface area contributed by atoms with Gasteiger partial charge >= 0.3 is 0 Å². The molecule has 4 nitrogen and oxygen atoms in total. The van der Waals surface area contributed by atoms with Crippen LogP contribution < -0.4 is 5.32 Å². The van der Waals surface area contributed by atoms with E-state index in [2.05, 4.69) is 29.0 Å². The highest BCUT2D eigenvalue weighted by molar-refractivity contribution is 5.79. The third-order valence-corrected chi connectivity index (χ3v) is 5.84. The van der Waals surface area contributed by atoms with Crippen molar-refractivity contribution in [2.24, 2.45) is 11.8 Å². The number of piperidine rings is 2. The lowest BCUT2D eigenvalue weighted by molar-refractivity contribution is -0.127. The Morgan fingerprint density at radius 1 is 1.09 bits per heavy atom. The summed E-state index contributed by atoms with van der Waals surface area (Å²) in [6, 6.07) is 1.21. The molecule has 1 unspecified atom stereocenters. The van der Waals surface area contributed by atoms with Crippen LogP contribution in [0.3, 0.4) is 0 Å². The van der Waals surface area contributed by atoms with E-state index < -0.39 is 0 Å². The van der Waals surface area contributed by atoms with E-state index in [9.17, 15) is 4.79 Å². The summed E-state index contributed by atoms with van der Waals surface area (Å²) in [6.45, 7) is 10.6. The molecule has 1 N–H and O–H groups in total. The molecule has 132 valence electrons. The van der Waals surface area contributed by atoms with E-state index in [0.717, 1.165) is 18.9 Å². The third-order valence-electron chi connectivity index (χ3n) is 5.84. The van der Waals surface area contributed by atoms with E-state index in [1.54, 1.807) is 0 Å². The van der Waals surface area contributed by atoms with Crippen molar-refractivity contribution in [3.8, 4) is 0 Å². The summed E-state index contributed by atoms with van der Waals surface area (Å²) in [6.07, 6.45) is 8.55. The first-order chi connectivity index (χ1) is 11.1. The molecule has 3 rings (SSSR count). The van der Waals surface area contributed by atoms with Gasteiger partial charge in [0.2, 0.25) is 5.91 Å². The summed E-state index contributed by atoms with van der Waals surface area (Å²) in [7, 11) is 0. The quantitative estimate of drug-likeness (QED) is 0.816. The molecule has 2 aliphatic heterocycles. The van der Waals surface area contributed by atoms with Crippen LogP contribution in [-0.2, 0) is 4.79 Å². The fourth-order valence-electron chi connectivity index (χ4n) is 4.05. The number of hydrogen-bond donors (Lipinski definition) is 1. The van der Waals surface area contributed by atoms with E-state index in [0.29, 0.717) is 18.0 Å². The molecule has 1 amide bonds. The van der Waals surface area contributed by atoms with Gasteiger partial charge in [0.1, 0.15) is 0 Å². The molecule has 1 saturated carbocycles. The fourth-order valence-corrected chi connectivity index (χ4v) is 4.05. The first kappa shape index (κ1) is 17.2. The van der Waals surface area contributed by atoms with Crippen molar-refractivity contribution in [1.82, 2.24) is 15.1 Å². The van der Waals surface area contributed by atoms with Crippen molar-refractivity contribution in [2.45, 2.75) is 70.9 Å². The van der Waals surface area contributed by atoms with E-state index in [4.69, 9.17) is 0 Å². The molecule has 0 aromatic heterocycles. The fraction of sp³-hybridized carbons (Fsp3) is 0.947. The number of nitrogens with zero attached hydrogens (tertiary/aromatic N) is 2. The van der Waals surface area contributed by atoms with Crippen molar-refractivity contribution >= 4 is 5.91 Å². The smallest absolute Gasteiger partial charge is 0.224 e. The summed E-state index contributed by atoms with van der Waals surface area (Å²) < 4.78 is 0. The predicted octanol–water partition coefficient (Wildman–Crippen LogP) is 2.49. The Kier molecular flexibility index (Phi) is 5.97.